The normalized spacial score (nSPS) is 11.0. The fraction of sp³-hybridized carbons (Fsp3) is 0.200. The van der Waals surface area contributed by atoms with Crippen molar-refractivity contribution in [2.24, 2.45) is 0 Å². The molecule has 3 nitrogen and oxygen atoms in total. The van der Waals surface area contributed by atoms with Gasteiger partial charge in [-0.25, -0.2) is 0 Å². The molecule has 1 aromatic rings. The molecule has 0 bridgehead atoms. The predicted molar refractivity (Wildman–Crippen MR) is 57.5 cm³/mol. The van der Waals surface area contributed by atoms with Crippen molar-refractivity contribution >= 4 is 21.8 Å². The van der Waals surface area contributed by atoms with E-state index in [0.717, 1.165) is 5.69 Å². The summed E-state index contributed by atoms with van der Waals surface area (Å²) >= 11 is 2.86. The molecule has 0 fully saturated rings. The summed E-state index contributed by atoms with van der Waals surface area (Å²) in [6.07, 6.45) is 1.69. The summed E-state index contributed by atoms with van der Waals surface area (Å²) in [6, 6.07) is 5.43. The van der Waals surface area contributed by atoms with Crippen molar-refractivity contribution in [3.8, 4) is 10.8 Å². The van der Waals surface area contributed by atoms with Gasteiger partial charge >= 0.3 is 0 Å². The van der Waals surface area contributed by atoms with Gasteiger partial charge in [-0.1, -0.05) is 6.07 Å². The van der Waals surface area contributed by atoms with Crippen LogP contribution in [0.1, 0.15) is 18.7 Å². The highest BCUT2D eigenvalue weighted by Crippen LogP contribution is 2.06. The molecular weight excluding hydrogens is 244 g/mol. The molecule has 0 saturated heterocycles. The van der Waals surface area contributed by atoms with Crippen LogP contribution in [0.2, 0.25) is 0 Å². The second-order valence-electron chi connectivity index (χ2n) is 2.67. The van der Waals surface area contributed by atoms with Crippen LogP contribution in [-0.2, 0) is 4.79 Å². The maximum Gasteiger partial charge on any atom is 0.297 e. The Morgan fingerprint density at radius 1 is 1.64 bits per heavy atom. The number of halogens is 1. The van der Waals surface area contributed by atoms with Gasteiger partial charge in [-0.15, -0.1) is 0 Å². The van der Waals surface area contributed by atoms with E-state index < -0.39 is 0 Å². The number of nitrogens with zero attached hydrogens (tertiary/aromatic N) is 1. The standard InChI is InChI=1S/C10H9BrN2O/c1-8(13-10(14)5-6-11)9-4-2-3-7-12-9/h2-4,7-8H,1H3,(H,13,14). The monoisotopic (exact) mass is 252 g/mol. The Kier molecular flexibility index (Phi) is 4.14. The topological polar surface area (TPSA) is 42.0 Å². The summed E-state index contributed by atoms with van der Waals surface area (Å²) in [5, 5.41) is 2.69. The first-order chi connectivity index (χ1) is 6.74. The smallest absolute Gasteiger partial charge is 0.297 e. The van der Waals surface area contributed by atoms with Crippen LogP contribution >= 0.6 is 15.9 Å². The van der Waals surface area contributed by atoms with Crippen molar-refractivity contribution in [3.63, 3.8) is 0 Å². The number of amides is 1. The molecule has 0 saturated carbocycles. The van der Waals surface area contributed by atoms with Gasteiger partial charge in [-0.3, -0.25) is 9.78 Å². The highest BCUT2D eigenvalue weighted by atomic mass is 79.9. The van der Waals surface area contributed by atoms with Gasteiger partial charge in [0.15, 0.2) is 0 Å². The first-order valence-corrected chi connectivity index (χ1v) is 4.86. The molecule has 72 valence electrons. The molecule has 1 heterocycles. The van der Waals surface area contributed by atoms with E-state index in [1.807, 2.05) is 25.1 Å². The Morgan fingerprint density at radius 3 is 3.00 bits per heavy atom. The number of aromatic nitrogens is 1. The Bertz CT molecular complexity index is 367. The van der Waals surface area contributed by atoms with E-state index in [0.29, 0.717) is 0 Å². The lowest BCUT2D eigenvalue weighted by Crippen LogP contribution is -2.25. The van der Waals surface area contributed by atoms with Gasteiger partial charge in [0.05, 0.1) is 11.7 Å². The molecule has 1 rings (SSSR count). The van der Waals surface area contributed by atoms with Gasteiger partial charge in [-0.05, 0) is 23.9 Å². The quantitative estimate of drug-likeness (QED) is 0.813. The number of carbonyl (C=O) groups is 1. The summed E-state index contributed by atoms with van der Waals surface area (Å²) < 4.78 is 0. The fourth-order valence-electron chi connectivity index (χ4n) is 0.982. The molecule has 0 aliphatic heterocycles. The van der Waals surface area contributed by atoms with Crippen LogP contribution in [0.3, 0.4) is 0 Å². The van der Waals surface area contributed by atoms with Gasteiger partial charge in [0.1, 0.15) is 0 Å². The second kappa shape index (κ2) is 5.40. The minimum absolute atomic E-state index is 0.128. The van der Waals surface area contributed by atoms with Crippen LogP contribution in [0.4, 0.5) is 0 Å². The third-order valence-corrected chi connectivity index (χ3v) is 1.84. The van der Waals surface area contributed by atoms with E-state index in [1.165, 1.54) is 0 Å². The number of hydrogen-bond acceptors (Lipinski definition) is 2. The number of carbonyl (C=O) groups excluding carboxylic acids is 1. The van der Waals surface area contributed by atoms with Crippen LogP contribution in [0.25, 0.3) is 0 Å². The average molecular weight is 253 g/mol. The molecular formula is C10H9BrN2O. The molecule has 1 unspecified atom stereocenters. The van der Waals surface area contributed by atoms with Gasteiger partial charge in [-0.2, -0.15) is 0 Å². The molecule has 1 atom stereocenters. The summed E-state index contributed by atoms with van der Waals surface area (Å²) in [7, 11) is 0. The Hall–Kier alpha value is -1.34. The minimum Gasteiger partial charge on any atom is -0.337 e. The van der Waals surface area contributed by atoms with E-state index in [9.17, 15) is 4.79 Å². The molecule has 0 aliphatic carbocycles. The SMILES string of the molecule is CC(NC(=O)C#CBr)c1ccccn1. The summed E-state index contributed by atoms with van der Waals surface area (Å²) in [5.74, 6) is 2.02. The second-order valence-corrected chi connectivity index (χ2v) is 3.07. The van der Waals surface area contributed by atoms with Crippen molar-refractivity contribution in [2.45, 2.75) is 13.0 Å². The van der Waals surface area contributed by atoms with Crippen molar-refractivity contribution < 1.29 is 4.79 Å². The van der Waals surface area contributed by atoms with Crippen molar-refractivity contribution in [1.82, 2.24) is 10.3 Å². The van der Waals surface area contributed by atoms with Gasteiger partial charge in [0, 0.05) is 28.0 Å². The molecule has 0 aromatic carbocycles. The average Bonchev–Trinajstić information content (AvgIpc) is 2.19. The maximum atomic E-state index is 11.1. The predicted octanol–water partition coefficient (Wildman–Crippen LogP) is 1.61. The maximum absolute atomic E-state index is 11.1. The van der Waals surface area contributed by atoms with Crippen LogP contribution in [-0.4, -0.2) is 10.9 Å². The minimum atomic E-state index is -0.319. The Morgan fingerprint density at radius 2 is 2.43 bits per heavy atom. The molecule has 1 aromatic heterocycles. The largest absolute Gasteiger partial charge is 0.337 e. The summed E-state index contributed by atoms with van der Waals surface area (Å²) in [5.41, 5.74) is 0.817. The van der Waals surface area contributed by atoms with Gasteiger partial charge in [0.2, 0.25) is 0 Å². The molecule has 0 spiro atoms. The van der Waals surface area contributed by atoms with Crippen molar-refractivity contribution in [1.29, 1.82) is 0 Å². The lowest BCUT2D eigenvalue weighted by atomic mass is 10.2. The van der Waals surface area contributed by atoms with Gasteiger partial charge < -0.3 is 5.32 Å². The molecule has 0 aliphatic rings. The molecule has 14 heavy (non-hydrogen) atoms. The highest BCUT2D eigenvalue weighted by Gasteiger charge is 2.07. The van der Waals surface area contributed by atoms with Crippen molar-refractivity contribution in [3.05, 3.63) is 30.1 Å². The number of pyridine rings is 1. The zero-order chi connectivity index (χ0) is 10.4. The molecule has 0 radical (unpaired) electrons. The third-order valence-electron chi connectivity index (χ3n) is 1.64. The van der Waals surface area contributed by atoms with Gasteiger partial charge in [0.25, 0.3) is 5.91 Å². The Labute approximate surface area is 91.1 Å². The molecule has 4 heteroatoms. The van der Waals surface area contributed by atoms with E-state index in [1.54, 1.807) is 6.20 Å². The first kappa shape index (κ1) is 10.7. The van der Waals surface area contributed by atoms with Crippen LogP contribution < -0.4 is 5.32 Å². The van der Waals surface area contributed by atoms with Crippen LogP contribution in [0.15, 0.2) is 24.4 Å². The van der Waals surface area contributed by atoms with Crippen LogP contribution in [0, 0.1) is 10.8 Å². The summed E-state index contributed by atoms with van der Waals surface area (Å²) in [6.45, 7) is 1.86. The van der Waals surface area contributed by atoms with E-state index in [2.05, 4.69) is 37.0 Å². The van der Waals surface area contributed by atoms with Crippen molar-refractivity contribution in [2.75, 3.05) is 0 Å². The lowest BCUT2D eigenvalue weighted by molar-refractivity contribution is -0.116. The van der Waals surface area contributed by atoms with E-state index >= 15 is 0 Å². The lowest BCUT2D eigenvalue weighted by Gasteiger charge is -2.10. The highest BCUT2D eigenvalue weighted by molar-refractivity contribution is 9.12. The zero-order valence-electron chi connectivity index (χ0n) is 7.62. The molecule has 1 amide bonds. The Balaban J connectivity index is 2.62. The zero-order valence-corrected chi connectivity index (χ0v) is 9.21. The molecule has 1 N–H and O–H groups in total. The number of hydrogen-bond donors (Lipinski definition) is 1. The fourth-order valence-corrected chi connectivity index (χ4v) is 1.16. The summed E-state index contributed by atoms with van der Waals surface area (Å²) in [4.78, 5) is 17.6. The first-order valence-electron chi connectivity index (χ1n) is 4.07. The third kappa shape index (κ3) is 3.19. The number of nitrogens with one attached hydrogen (secondary N) is 1. The van der Waals surface area contributed by atoms with E-state index in [4.69, 9.17) is 0 Å². The number of rotatable bonds is 2. The van der Waals surface area contributed by atoms with Crippen LogP contribution in [0.5, 0.6) is 0 Å². The van der Waals surface area contributed by atoms with E-state index in [-0.39, 0.29) is 11.9 Å².